The summed E-state index contributed by atoms with van der Waals surface area (Å²) in [5.41, 5.74) is 3.86. The van der Waals surface area contributed by atoms with Crippen molar-refractivity contribution in [3.63, 3.8) is 0 Å². The molecule has 1 aromatic heterocycles. The molecule has 0 bridgehead atoms. The highest BCUT2D eigenvalue weighted by atomic mass is 16.5. The van der Waals surface area contributed by atoms with Crippen molar-refractivity contribution >= 4 is 11.6 Å². The summed E-state index contributed by atoms with van der Waals surface area (Å²) in [5, 5.41) is 18.4. The number of carbonyl (C=O) groups is 1. The lowest BCUT2D eigenvalue weighted by Gasteiger charge is -2.27. The van der Waals surface area contributed by atoms with Crippen LogP contribution >= 0.6 is 0 Å². The maximum atomic E-state index is 12.2. The number of aliphatic hydroxyl groups is 1. The Morgan fingerprint density at radius 3 is 2.56 bits per heavy atom. The number of allylic oxidation sites excluding steroid dienone is 1. The standard InChI is InChI=1S/C29H36N4O3/c1-22(29(36-2)24-14-16-25(17-15-24)33-19-9-7-13-28(33)35)10-6-8-18-32-20-27(30-31-32)26(21-34)23-11-4-3-5-12-23/h3-6,10-12,14-17,20,22,26,29,34H,7-9,13,18-19,21H2,1-2H3/b10-6+/t22-,26?,29+/m0/s1. The van der Waals surface area contributed by atoms with E-state index in [1.807, 2.05) is 58.2 Å². The molecule has 0 aliphatic carbocycles. The number of aliphatic hydroxyl groups excluding tert-OH is 1. The van der Waals surface area contributed by atoms with Gasteiger partial charge in [0.1, 0.15) is 0 Å². The molecule has 2 heterocycles. The van der Waals surface area contributed by atoms with Crippen LogP contribution in [0, 0.1) is 5.92 Å². The molecule has 0 radical (unpaired) electrons. The number of carbonyl (C=O) groups excluding carboxylic acids is 1. The number of hydrogen-bond donors (Lipinski definition) is 1. The fourth-order valence-electron chi connectivity index (χ4n) is 4.83. The number of aryl methyl sites for hydroxylation is 1. The molecule has 1 aliphatic rings. The van der Waals surface area contributed by atoms with E-state index in [0.717, 1.165) is 48.3 Å². The van der Waals surface area contributed by atoms with Gasteiger partial charge in [0.25, 0.3) is 0 Å². The summed E-state index contributed by atoms with van der Waals surface area (Å²) in [7, 11) is 1.73. The number of ether oxygens (including phenoxy) is 1. The van der Waals surface area contributed by atoms with Crippen molar-refractivity contribution in [2.45, 2.75) is 51.2 Å². The zero-order chi connectivity index (χ0) is 25.3. The van der Waals surface area contributed by atoms with Crippen LogP contribution in [-0.2, 0) is 16.1 Å². The molecular weight excluding hydrogens is 452 g/mol. The average molecular weight is 489 g/mol. The Morgan fingerprint density at radius 1 is 1.08 bits per heavy atom. The Labute approximate surface area is 213 Å². The SMILES string of the molecule is CO[C@@H](c1ccc(N2CCCCC2=O)cc1)[C@@H](C)/C=C/CCn1cc(C(CO)c2ccccc2)nn1. The van der Waals surface area contributed by atoms with Crippen LogP contribution in [0.3, 0.4) is 0 Å². The number of amides is 1. The van der Waals surface area contributed by atoms with Crippen LogP contribution in [0.15, 0.2) is 72.9 Å². The van der Waals surface area contributed by atoms with E-state index in [0.29, 0.717) is 13.0 Å². The van der Waals surface area contributed by atoms with Gasteiger partial charge in [-0.1, -0.05) is 66.8 Å². The summed E-state index contributed by atoms with van der Waals surface area (Å²) in [4.78, 5) is 14.1. The summed E-state index contributed by atoms with van der Waals surface area (Å²) in [5.74, 6) is 0.220. The molecule has 2 aromatic carbocycles. The molecule has 0 saturated carbocycles. The van der Waals surface area contributed by atoms with E-state index in [2.05, 4.69) is 41.5 Å². The lowest BCUT2D eigenvalue weighted by Crippen LogP contribution is -2.35. The van der Waals surface area contributed by atoms with Gasteiger partial charge in [0, 0.05) is 44.4 Å². The van der Waals surface area contributed by atoms with E-state index in [1.165, 1.54) is 0 Å². The second-order valence-corrected chi connectivity index (χ2v) is 9.38. The molecule has 1 fully saturated rings. The van der Waals surface area contributed by atoms with Crippen LogP contribution in [0.4, 0.5) is 5.69 Å². The van der Waals surface area contributed by atoms with Gasteiger partial charge in [-0.2, -0.15) is 0 Å². The van der Waals surface area contributed by atoms with Crippen molar-refractivity contribution < 1.29 is 14.6 Å². The smallest absolute Gasteiger partial charge is 0.226 e. The molecule has 1 saturated heterocycles. The molecular formula is C29H36N4O3. The second kappa shape index (κ2) is 12.6. The number of nitrogens with zero attached hydrogens (tertiary/aromatic N) is 4. The topological polar surface area (TPSA) is 80.5 Å². The number of rotatable bonds is 11. The third-order valence-corrected chi connectivity index (χ3v) is 6.85. The molecule has 4 rings (SSSR count). The molecule has 1 amide bonds. The Bertz CT molecular complexity index is 1130. The van der Waals surface area contributed by atoms with Crippen molar-refractivity contribution in [3.05, 3.63) is 89.8 Å². The van der Waals surface area contributed by atoms with Gasteiger partial charge in [-0.3, -0.25) is 9.48 Å². The highest BCUT2D eigenvalue weighted by Gasteiger charge is 2.21. The quantitative estimate of drug-likeness (QED) is 0.389. The number of benzene rings is 2. The van der Waals surface area contributed by atoms with E-state index in [4.69, 9.17) is 4.74 Å². The van der Waals surface area contributed by atoms with E-state index >= 15 is 0 Å². The molecule has 3 aromatic rings. The fourth-order valence-corrected chi connectivity index (χ4v) is 4.83. The average Bonchev–Trinajstić information content (AvgIpc) is 3.37. The first-order valence-corrected chi connectivity index (χ1v) is 12.8. The second-order valence-electron chi connectivity index (χ2n) is 9.38. The van der Waals surface area contributed by atoms with Crippen LogP contribution in [0.25, 0.3) is 0 Å². The first kappa shape index (κ1) is 25.8. The molecule has 0 spiro atoms. The van der Waals surface area contributed by atoms with Gasteiger partial charge >= 0.3 is 0 Å². The van der Waals surface area contributed by atoms with E-state index < -0.39 is 0 Å². The van der Waals surface area contributed by atoms with Crippen LogP contribution in [-0.4, -0.2) is 46.3 Å². The maximum Gasteiger partial charge on any atom is 0.226 e. The molecule has 1 unspecified atom stereocenters. The largest absolute Gasteiger partial charge is 0.395 e. The van der Waals surface area contributed by atoms with Gasteiger partial charge in [-0.25, -0.2) is 0 Å². The minimum absolute atomic E-state index is 0.00610. The predicted octanol–water partition coefficient (Wildman–Crippen LogP) is 4.89. The van der Waals surface area contributed by atoms with Gasteiger partial charge in [0.15, 0.2) is 0 Å². The predicted molar refractivity (Wildman–Crippen MR) is 141 cm³/mol. The van der Waals surface area contributed by atoms with Gasteiger partial charge in [-0.15, -0.1) is 5.10 Å². The number of methoxy groups -OCH3 is 1. The molecule has 1 aliphatic heterocycles. The van der Waals surface area contributed by atoms with Crippen LogP contribution in [0.5, 0.6) is 0 Å². The Hall–Kier alpha value is -3.29. The first-order chi connectivity index (χ1) is 17.6. The molecule has 7 nitrogen and oxygen atoms in total. The first-order valence-electron chi connectivity index (χ1n) is 12.8. The third kappa shape index (κ3) is 6.28. The van der Waals surface area contributed by atoms with Crippen molar-refractivity contribution in [1.29, 1.82) is 0 Å². The van der Waals surface area contributed by atoms with Crippen molar-refractivity contribution in [2.75, 3.05) is 25.2 Å². The van der Waals surface area contributed by atoms with Crippen LogP contribution in [0.1, 0.15) is 61.4 Å². The Balaban J connectivity index is 1.31. The fraction of sp³-hybridized carbons (Fsp3) is 0.414. The summed E-state index contributed by atoms with van der Waals surface area (Å²) in [6.45, 7) is 3.64. The highest BCUT2D eigenvalue weighted by Crippen LogP contribution is 2.29. The Kier molecular flexibility index (Phi) is 9.03. The monoisotopic (exact) mass is 488 g/mol. The highest BCUT2D eigenvalue weighted by molar-refractivity contribution is 5.93. The van der Waals surface area contributed by atoms with Crippen molar-refractivity contribution in [3.8, 4) is 0 Å². The molecule has 7 heteroatoms. The van der Waals surface area contributed by atoms with Crippen molar-refractivity contribution in [1.82, 2.24) is 15.0 Å². The molecule has 3 atom stereocenters. The summed E-state index contributed by atoms with van der Waals surface area (Å²) in [6, 6.07) is 18.1. The zero-order valence-electron chi connectivity index (χ0n) is 21.2. The minimum atomic E-state index is -0.169. The van der Waals surface area contributed by atoms with E-state index in [9.17, 15) is 9.90 Å². The van der Waals surface area contributed by atoms with E-state index in [-0.39, 0.29) is 30.5 Å². The van der Waals surface area contributed by atoms with Gasteiger partial charge in [0.05, 0.1) is 24.3 Å². The lowest BCUT2D eigenvalue weighted by molar-refractivity contribution is -0.119. The number of piperidine rings is 1. The van der Waals surface area contributed by atoms with Crippen LogP contribution in [0.2, 0.25) is 0 Å². The summed E-state index contributed by atoms with van der Waals surface area (Å²) in [6.07, 6.45) is 9.66. The van der Waals surface area contributed by atoms with Crippen molar-refractivity contribution in [2.24, 2.45) is 5.92 Å². The number of hydrogen-bond acceptors (Lipinski definition) is 5. The van der Waals surface area contributed by atoms with Gasteiger partial charge < -0.3 is 14.7 Å². The zero-order valence-corrected chi connectivity index (χ0v) is 21.2. The van der Waals surface area contributed by atoms with Gasteiger partial charge in [-0.05, 0) is 42.5 Å². The summed E-state index contributed by atoms with van der Waals surface area (Å²) >= 11 is 0. The normalized spacial score (nSPS) is 16.9. The lowest BCUT2D eigenvalue weighted by atomic mass is 9.96. The van der Waals surface area contributed by atoms with Crippen LogP contribution < -0.4 is 4.90 Å². The molecule has 36 heavy (non-hydrogen) atoms. The Morgan fingerprint density at radius 2 is 1.86 bits per heavy atom. The van der Waals surface area contributed by atoms with Gasteiger partial charge in [0.2, 0.25) is 5.91 Å². The summed E-state index contributed by atoms with van der Waals surface area (Å²) < 4.78 is 7.64. The maximum absolute atomic E-state index is 12.2. The molecule has 1 N–H and O–H groups in total. The number of aromatic nitrogens is 3. The third-order valence-electron chi connectivity index (χ3n) is 6.85. The molecule has 190 valence electrons. The minimum Gasteiger partial charge on any atom is -0.395 e. The van der Waals surface area contributed by atoms with E-state index in [1.54, 1.807) is 7.11 Å². The number of anilines is 1.